The maximum Gasteiger partial charge on any atom is 0.230 e. The quantitative estimate of drug-likeness (QED) is 0.751. The molecule has 0 saturated heterocycles. The van der Waals surface area contributed by atoms with E-state index in [2.05, 4.69) is 5.32 Å². The Hall–Kier alpha value is -1.04. The van der Waals surface area contributed by atoms with Crippen LogP contribution in [0.1, 0.15) is 25.5 Å². The minimum atomic E-state index is -0.490. The zero-order valence-electron chi connectivity index (χ0n) is 11.6. The summed E-state index contributed by atoms with van der Waals surface area (Å²) >= 11 is 1.46. The molecule has 1 aromatic rings. The molecular weight excluding hydrogens is 262 g/mol. The fourth-order valence-electron chi connectivity index (χ4n) is 1.62. The van der Waals surface area contributed by atoms with Crippen molar-refractivity contribution in [3.05, 3.63) is 29.8 Å². The van der Waals surface area contributed by atoms with E-state index in [0.717, 1.165) is 10.5 Å². The molecule has 2 atom stereocenters. The van der Waals surface area contributed by atoms with Gasteiger partial charge >= 0.3 is 0 Å². The highest BCUT2D eigenvalue weighted by Crippen LogP contribution is 2.22. The molecule has 0 heterocycles. The van der Waals surface area contributed by atoms with Crippen LogP contribution in [-0.2, 0) is 9.53 Å². The summed E-state index contributed by atoms with van der Waals surface area (Å²) in [5.74, 6) is 0.342. The standard InChI is InChI=1S/C14H21NO3S/c1-10(8-18-3)15-14(17)9-19-13-6-4-5-12(7-13)11(2)16/h4-7,10-11,16H,8-9H2,1-3H3,(H,15,17). The number of amides is 1. The highest BCUT2D eigenvalue weighted by molar-refractivity contribution is 8.00. The molecule has 2 N–H and O–H groups in total. The van der Waals surface area contributed by atoms with Crippen molar-refractivity contribution in [2.45, 2.75) is 30.9 Å². The molecular formula is C14H21NO3S. The molecule has 1 aromatic carbocycles. The normalized spacial score (nSPS) is 13.9. The molecule has 106 valence electrons. The minimum Gasteiger partial charge on any atom is -0.389 e. The van der Waals surface area contributed by atoms with Crippen molar-refractivity contribution < 1.29 is 14.6 Å². The van der Waals surface area contributed by atoms with Gasteiger partial charge in [0.15, 0.2) is 0 Å². The van der Waals surface area contributed by atoms with Crippen molar-refractivity contribution in [1.29, 1.82) is 0 Å². The fraction of sp³-hybridized carbons (Fsp3) is 0.500. The summed E-state index contributed by atoms with van der Waals surface area (Å²) in [6.45, 7) is 4.14. The van der Waals surface area contributed by atoms with Gasteiger partial charge in [0.2, 0.25) is 5.91 Å². The van der Waals surface area contributed by atoms with E-state index < -0.39 is 6.10 Å². The van der Waals surface area contributed by atoms with Gasteiger partial charge in [0, 0.05) is 18.0 Å². The van der Waals surface area contributed by atoms with Gasteiger partial charge in [0.1, 0.15) is 0 Å². The lowest BCUT2D eigenvalue weighted by atomic mass is 10.1. The maximum atomic E-state index is 11.7. The summed E-state index contributed by atoms with van der Waals surface area (Å²) in [4.78, 5) is 12.7. The van der Waals surface area contributed by atoms with E-state index in [1.807, 2.05) is 31.2 Å². The average Bonchev–Trinajstić information content (AvgIpc) is 2.37. The van der Waals surface area contributed by atoms with Gasteiger partial charge in [-0.05, 0) is 31.5 Å². The van der Waals surface area contributed by atoms with E-state index in [4.69, 9.17) is 4.74 Å². The number of benzene rings is 1. The van der Waals surface area contributed by atoms with Crippen LogP contribution in [0.3, 0.4) is 0 Å². The number of aliphatic hydroxyl groups excluding tert-OH is 1. The third-order valence-electron chi connectivity index (χ3n) is 2.53. The number of ether oxygens (including phenoxy) is 1. The van der Waals surface area contributed by atoms with Crippen molar-refractivity contribution >= 4 is 17.7 Å². The lowest BCUT2D eigenvalue weighted by molar-refractivity contribution is -0.119. The SMILES string of the molecule is COCC(C)NC(=O)CSc1cccc(C(C)O)c1. The first-order valence-corrected chi connectivity index (χ1v) is 7.20. The van der Waals surface area contributed by atoms with Crippen LogP contribution in [0.25, 0.3) is 0 Å². The Morgan fingerprint density at radius 2 is 2.21 bits per heavy atom. The molecule has 0 aliphatic carbocycles. The topological polar surface area (TPSA) is 58.6 Å². The van der Waals surface area contributed by atoms with Gasteiger partial charge in [0.05, 0.1) is 18.5 Å². The van der Waals surface area contributed by atoms with Crippen LogP contribution < -0.4 is 5.32 Å². The van der Waals surface area contributed by atoms with E-state index in [9.17, 15) is 9.90 Å². The Labute approximate surface area is 118 Å². The van der Waals surface area contributed by atoms with E-state index in [0.29, 0.717) is 12.4 Å². The Kier molecular flexibility index (Phi) is 6.91. The fourth-order valence-corrected chi connectivity index (χ4v) is 2.40. The van der Waals surface area contributed by atoms with E-state index in [1.54, 1.807) is 14.0 Å². The Morgan fingerprint density at radius 1 is 1.47 bits per heavy atom. The second-order valence-electron chi connectivity index (χ2n) is 4.46. The summed E-state index contributed by atoms with van der Waals surface area (Å²) in [6.07, 6.45) is -0.490. The number of aliphatic hydroxyl groups is 1. The molecule has 0 bridgehead atoms. The highest BCUT2D eigenvalue weighted by atomic mass is 32.2. The minimum absolute atomic E-state index is 0.0156. The number of methoxy groups -OCH3 is 1. The molecule has 19 heavy (non-hydrogen) atoms. The van der Waals surface area contributed by atoms with Gasteiger partial charge in [-0.2, -0.15) is 0 Å². The number of nitrogens with one attached hydrogen (secondary N) is 1. The number of carbonyl (C=O) groups is 1. The number of rotatable bonds is 7. The summed E-state index contributed by atoms with van der Waals surface area (Å²) in [5.41, 5.74) is 0.859. The van der Waals surface area contributed by atoms with Gasteiger partial charge in [-0.3, -0.25) is 4.79 Å². The van der Waals surface area contributed by atoms with Crippen LogP contribution >= 0.6 is 11.8 Å². The first-order valence-electron chi connectivity index (χ1n) is 6.22. The zero-order chi connectivity index (χ0) is 14.3. The summed E-state index contributed by atoms with van der Waals surface area (Å²) < 4.78 is 4.96. The summed E-state index contributed by atoms with van der Waals surface area (Å²) in [5, 5.41) is 12.4. The van der Waals surface area contributed by atoms with Crippen molar-refractivity contribution in [3.63, 3.8) is 0 Å². The van der Waals surface area contributed by atoms with E-state index in [1.165, 1.54) is 11.8 Å². The lowest BCUT2D eigenvalue weighted by Gasteiger charge is -2.12. The smallest absolute Gasteiger partial charge is 0.230 e. The van der Waals surface area contributed by atoms with Crippen molar-refractivity contribution in [2.24, 2.45) is 0 Å². The van der Waals surface area contributed by atoms with Crippen molar-refractivity contribution in [2.75, 3.05) is 19.5 Å². The first kappa shape index (κ1) is 16.0. The predicted molar refractivity (Wildman–Crippen MR) is 77.3 cm³/mol. The van der Waals surface area contributed by atoms with Crippen LogP contribution in [0.15, 0.2) is 29.2 Å². The van der Waals surface area contributed by atoms with Gasteiger partial charge in [0.25, 0.3) is 0 Å². The second kappa shape index (κ2) is 8.19. The van der Waals surface area contributed by atoms with Gasteiger partial charge < -0.3 is 15.2 Å². The molecule has 4 nitrogen and oxygen atoms in total. The number of thioether (sulfide) groups is 1. The molecule has 0 radical (unpaired) electrons. The van der Waals surface area contributed by atoms with Crippen LogP contribution in [0.4, 0.5) is 0 Å². The largest absolute Gasteiger partial charge is 0.389 e. The molecule has 2 unspecified atom stereocenters. The average molecular weight is 283 g/mol. The van der Waals surface area contributed by atoms with Gasteiger partial charge in [-0.15, -0.1) is 11.8 Å². The molecule has 0 aromatic heterocycles. The third-order valence-corrected chi connectivity index (χ3v) is 3.53. The molecule has 1 rings (SSSR count). The Bertz CT molecular complexity index is 409. The van der Waals surface area contributed by atoms with Crippen molar-refractivity contribution in [3.8, 4) is 0 Å². The predicted octanol–water partition coefficient (Wildman–Crippen LogP) is 1.98. The summed E-state index contributed by atoms with van der Waals surface area (Å²) in [7, 11) is 1.61. The van der Waals surface area contributed by atoms with E-state index >= 15 is 0 Å². The van der Waals surface area contributed by atoms with Crippen LogP contribution in [0.2, 0.25) is 0 Å². The summed E-state index contributed by atoms with van der Waals surface area (Å²) in [6, 6.07) is 7.61. The molecule has 5 heteroatoms. The molecule has 0 aliphatic rings. The lowest BCUT2D eigenvalue weighted by Crippen LogP contribution is -2.36. The zero-order valence-corrected chi connectivity index (χ0v) is 12.4. The highest BCUT2D eigenvalue weighted by Gasteiger charge is 2.08. The molecule has 1 amide bonds. The molecule has 0 saturated carbocycles. The van der Waals surface area contributed by atoms with Crippen molar-refractivity contribution in [1.82, 2.24) is 5.32 Å². The van der Waals surface area contributed by atoms with Crippen LogP contribution in [0, 0.1) is 0 Å². The monoisotopic (exact) mass is 283 g/mol. The number of carbonyl (C=O) groups excluding carboxylic acids is 1. The van der Waals surface area contributed by atoms with Crippen LogP contribution in [0.5, 0.6) is 0 Å². The maximum absolute atomic E-state index is 11.7. The van der Waals surface area contributed by atoms with E-state index in [-0.39, 0.29) is 11.9 Å². The number of hydrogen-bond acceptors (Lipinski definition) is 4. The molecule has 0 aliphatic heterocycles. The second-order valence-corrected chi connectivity index (χ2v) is 5.51. The third kappa shape index (κ3) is 6.09. The first-order chi connectivity index (χ1) is 9.02. The Morgan fingerprint density at radius 3 is 2.84 bits per heavy atom. The molecule has 0 fully saturated rings. The van der Waals surface area contributed by atoms with Crippen LogP contribution in [-0.4, -0.2) is 36.5 Å². The van der Waals surface area contributed by atoms with Gasteiger partial charge in [-0.25, -0.2) is 0 Å². The van der Waals surface area contributed by atoms with Gasteiger partial charge in [-0.1, -0.05) is 12.1 Å². The Balaban J connectivity index is 2.43. The number of hydrogen-bond donors (Lipinski definition) is 2. The molecule has 0 spiro atoms.